The Morgan fingerprint density at radius 2 is 1.84 bits per heavy atom. The molecule has 0 amide bonds. The van der Waals surface area contributed by atoms with Crippen LogP contribution in [0.2, 0.25) is 0 Å². The van der Waals surface area contributed by atoms with E-state index < -0.39 is 0 Å². The molecule has 0 aliphatic rings. The lowest BCUT2D eigenvalue weighted by atomic mass is 10.2. The summed E-state index contributed by atoms with van der Waals surface area (Å²) in [5, 5.41) is 1.02. The molecule has 3 nitrogen and oxygen atoms in total. The number of aromatic nitrogens is 1. The number of fused-ring (bicyclic) bond motifs is 1. The van der Waals surface area contributed by atoms with Crippen molar-refractivity contribution < 1.29 is 4.74 Å². The van der Waals surface area contributed by atoms with Crippen LogP contribution in [0.4, 0.5) is 5.69 Å². The maximum Gasteiger partial charge on any atom is 0.143 e. The molecule has 0 radical (unpaired) electrons. The number of rotatable bonds is 3. The Labute approximate surface area is 112 Å². The minimum absolute atomic E-state index is 0.553. The number of para-hydroxylation sites is 1. The summed E-state index contributed by atoms with van der Waals surface area (Å²) in [5.41, 5.74) is 9.91. The van der Waals surface area contributed by atoms with Crippen LogP contribution >= 0.6 is 0 Å². The second-order valence-electron chi connectivity index (χ2n) is 4.62. The highest BCUT2D eigenvalue weighted by molar-refractivity contribution is 5.96. The number of anilines is 1. The van der Waals surface area contributed by atoms with Crippen LogP contribution in [0.5, 0.6) is 5.75 Å². The summed E-state index contributed by atoms with van der Waals surface area (Å²) >= 11 is 0. The van der Waals surface area contributed by atoms with E-state index in [9.17, 15) is 0 Å². The topological polar surface area (TPSA) is 51.0 Å². The highest BCUT2D eigenvalue weighted by Crippen LogP contribution is 2.31. The molecule has 0 spiro atoms. The monoisotopic (exact) mass is 252 g/mol. The summed E-state index contributed by atoms with van der Waals surface area (Å²) in [5.74, 6) is 0.834. The molecule has 0 bridgehead atoms. The van der Waals surface area contributed by atoms with Crippen molar-refractivity contribution in [3.8, 4) is 5.75 Å². The first-order chi connectivity index (χ1) is 9.25. The summed E-state index contributed by atoms with van der Waals surface area (Å²) in [6, 6.07) is 16.0. The Kier molecular flexibility index (Phi) is 2.88. The van der Waals surface area contributed by atoms with Crippen LogP contribution < -0.4 is 10.5 Å². The zero-order chi connectivity index (χ0) is 13.2. The lowest BCUT2D eigenvalue weighted by Crippen LogP contribution is -1.95. The number of aryl methyl sites for hydroxylation is 1. The van der Waals surface area contributed by atoms with Crippen LogP contribution in [0.3, 0.4) is 0 Å². The van der Waals surface area contributed by atoms with E-state index in [1.165, 1.54) is 0 Å². The molecule has 19 heavy (non-hydrogen) atoms. The zero-order valence-corrected chi connectivity index (χ0v) is 10.8. The highest BCUT2D eigenvalue weighted by atomic mass is 16.5. The third-order valence-corrected chi connectivity index (χ3v) is 3.27. The van der Waals surface area contributed by atoms with Gasteiger partial charge in [-0.3, -0.25) is 0 Å². The molecule has 1 aromatic heterocycles. The van der Waals surface area contributed by atoms with Crippen molar-refractivity contribution in [2.75, 3.05) is 5.73 Å². The number of nitrogen functional groups attached to an aromatic ring is 1. The van der Waals surface area contributed by atoms with E-state index in [4.69, 9.17) is 10.5 Å². The van der Waals surface area contributed by atoms with Gasteiger partial charge in [0.05, 0.1) is 11.2 Å². The molecule has 3 aromatic rings. The number of hydrogen-bond donors (Lipinski definition) is 2. The minimum Gasteiger partial charge on any atom is -0.487 e. The molecule has 0 fully saturated rings. The first-order valence-electron chi connectivity index (χ1n) is 6.29. The molecule has 0 saturated carbocycles. The highest BCUT2D eigenvalue weighted by Gasteiger charge is 2.09. The van der Waals surface area contributed by atoms with E-state index in [1.807, 2.05) is 43.3 Å². The number of benzene rings is 2. The van der Waals surface area contributed by atoms with Gasteiger partial charge in [-0.1, -0.05) is 42.5 Å². The standard InChI is InChI=1S/C16H16N2O/c1-11-15(17)13-8-5-9-14(16(13)18-11)19-10-12-6-3-2-4-7-12/h2-9,18H,10,17H2,1H3. The van der Waals surface area contributed by atoms with Gasteiger partial charge in [-0.05, 0) is 18.6 Å². The van der Waals surface area contributed by atoms with Crippen LogP contribution in [0.15, 0.2) is 48.5 Å². The maximum absolute atomic E-state index is 6.03. The summed E-state index contributed by atoms with van der Waals surface area (Å²) in [6.07, 6.45) is 0. The molecule has 0 unspecified atom stereocenters. The Balaban J connectivity index is 1.91. The first-order valence-corrected chi connectivity index (χ1v) is 6.29. The van der Waals surface area contributed by atoms with Crippen molar-refractivity contribution in [2.45, 2.75) is 13.5 Å². The van der Waals surface area contributed by atoms with E-state index in [1.54, 1.807) is 0 Å². The number of hydrogen-bond acceptors (Lipinski definition) is 2. The van der Waals surface area contributed by atoms with Gasteiger partial charge < -0.3 is 15.5 Å². The van der Waals surface area contributed by atoms with Gasteiger partial charge in [0.2, 0.25) is 0 Å². The lowest BCUT2D eigenvalue weighted by molar-refractivity contribution is 0.309. The van der Waals surface area contributed by atoms with Crippen LogP contribution in [-0.4, -0.2) is 4.98 Å². The molecule has 96 valence electrons. The Bertz CT molecular complexity index is 701. The minimum atomic E-state index is 0.553. The van der Waals surface area contributed by atoms with E-state index >= 15 is 0 Å². The van der Waals surface area contributed by atoms with Gasteiger partial charge >= 0.3 is 0 Å². The fraction of sp³-hybridized carbons (Fsp3) is 0.125. The van der Waals surface area contributed by atoms with Gasteiger partial charge in [0.15, 0.2) is 0 Å². The maximum atomic E-state index is 6.03. The Hall–Kier alpha value is -2.42. The molecule has 0 aliphatic heterocycles. The van der Waals surface area contributed by atoms with Crippen molar-refractivity contribution in [1.82, 2.24) is 4.98 Å². The van der Waals surface area contributed by atoms with Crippen molar-refractivity contribution in [1.29, 1.82) is 0 Å². The molecule has 3 rings (SSSR count). The van der Waals surface area contributed by atoms with Crippen LogP contribution in [-0.2, 0) is 6.61 Å². The van der Waals surface area contributed by atoms with E-state index in [-0.39, 0.29) is 0 Å². The molecule has 1 heterocycles. The second kappa shape index (κ2) is 4.69. The van der Waals surface area contributed by atoms with Gasteiger partial charge in [-0.15, -0.1) is 0 Å². The van der Waals surface area contributed by atoms with E-state index in [2.05, 4.69) is 17.1 Å². The SMILES string of the molecule is Cc1[nH]c2c(OCc3ccccc3)cccc2c1N. The van der Waals surface area contributed by atoms with Crippen molar-refractivity contribution in [2.24, 2.45) is 0 Å². The number of H-pyrrole nitrogens is 1. The molecule has 0 saturated heterocycles. The fourth-order valence-electron chi connectivity index (χ4n) is 2.20. The number of nitrogens with one attached hydrogen (secondary N) is 1. The van der Waals surface area contributed by atoms with E-state index in [0.29, 0.717) is 6.61 Å². The number of nitrogens with two attached hydrogens (primary N) is 1. The van der Waals surface area contributed by atoms with Crippen LogP contribution in [0.25, 0.3) is 10.9 Å². The predicted octanol–water partition coefficient (Wildman–Crippen LogP) is 3.64. The Morgan fingerprint density at radius 3 is 2.63 bits per heavy atom. The van der Waals surface area contributed by atoms with Crippen LogP contribution in [0.1, 0.15) is 11.3 Å². The van der Waals surface area contributed by atoms with Gasteiger partial charge in [0, 0.05) is 11.1 Å². The van der Waals surface area contributed by atoms with Gasteiger partial charge in [-0.2, -0.15) is 0 Å². The molecule has 3 heteroatoms. The van der Waals surface area contributed by atoms with Gasteiger partial charge in [-0.25, -0.2) is 0 Å². The third kappa shape index (κ3) is 2.15. The first kappa shape index (κ1) is 11.7. The molecule has 0 atom stereocenters. The summed E-state index contributed by atoms with van der Waals surface area (Å²) < 4.78 is 5.89. The third-order valence-electron chi connectivity index (χ3n) is 3.27. The average molecular weight is 252 g/mol. The fourth-order valence-corrected chi connectivity index (χ4v) is 2.20. The van der Waals surface area contributed by atoms with E-state index in [0.717, 1.165) is 33.6 Å². The van der Waals surface area contributed by atoms with Crippen molar-refractivity contribution in [3.63, 3.8) is 0 Å². The van der Waals surface area contributed by atoms with Gasteiger partial charge in [0.1, 0.15) is 12.4 Å². The van der Waals surface area contributed by atoms with Gasteiger partial charge in [0.25, 0.3) is 0 Å². The van der Waals surface area contributed by atoms with Crippen molar-refractivity contribution in [3.05, 3.63) is 59.8 Å². The zero-order valence-electron chi connectivity index (χ0n) is 10.8. The predicted molar refractivity (Wildman–Crippen MR) is 78.2 cm³/mol. The molecule has 2 aromatic carbocycles. The Morgan fingerprint density at radius 1 is 1.05 bits per heavy atom. The molecular weight excluding hydrogens is 236 g/mol. The average Bonchev–Trinajstić information content (AvgIpc) is 2.74. The summed E-state index contributed by atoms with van der Waals surface area (Å²) in [6.45, 7) is 2.52. The normalized spacial score (nSPS) is 10.8. The number of aromatic amines is 1. The smallest absolute Gasteiger partial charge is 0.143 e. The second-order valence-corrected chi connectivity index (χ2v) is 4.62. The quantitative estimate of drug-likeness (QED) is 0.747. The summed E-state index contributed by atoms with van der Waals surface area (Å²) in [7, 11) is 0. The largest absolute Gasteiger partial charge is 0.487 e. The summed E-state index contributed by atoms with van der Waals surface area (Å²) in [4.78, 5) is 3.28. The molecule has 3 N–H and O–H groups in total. The van der Waals surface area contributed by atoms with Crippen LogP contribution in [0, 0.1) is 6.92 Å². The number of ether oxygens (including phenoxy) is 1. The molecular formula is C16H16N2O. The van der Waals surface area contributed by atoms with Crippen molar-refractivity contribution >= 4 is 16.6 Å². The molecule has 0 aliphatic carbocycles. The lowest BCUT2D eigenvalue weighted by Gasteiger charge is -2.07.